The van der Waals surface area contributed by atoms with Gasteiger partial charge >= 0.3 is 5.97 Å². The zero-order chi connectivity index (χ0) is 18.8. The Morgan fingerprint density at radius 2 is 2.08 bits per heavy atom. The van der Waals surface area contributed by atoms with Crippen LogP contribution in [0.5, 0.6) is 11.5 Å². The highest BCUT2D eigenvalue weighted by molar-refractivity contribution is 5.97. The summed E-state index contributed by atoms with van der Waals surface area (Å²) in [5, 5.41) is 9.07. The van der Waals surface area contributed by atoms with Crippen LogP contribution in [0.3, 0.4) is 0 Å². The Morgan fingerprint density at radius 1 is 1.31 bits per heavy atom. The second-order valence-electron chi connectivity index (χ2n) is 5.60. The Balaban J connectivity index is 2.06. The molecule has 7 nitrogen and oxygen atoms in total. The van der Waals surface area contributed by atoms with E-state index < -0.39 is 5.97 Å². The second-order valence-corrected chi connectivity index (χ2v) is 5.60. The van der Waals surface area contributed by atoms with Gasteiger partial charge in [0.05, 0.1) is 26.9 Å². The molecule has 140 valence electrons. The summed E-state index contributed by atoms with van der Waals surface area (Å²) >= 11 is 0. The van der Waals surface area contributed by atoms with Gasteiger partial charge in [0.25, 0.3) is 0 Å². The number of esters is 1. The quantitative estimate of drug-likeness (QED) is 0.398. The molecule has 7 heteroatoms. The minimum absolute atomic E-state index is 0.0732. The van der Waals surface area contributed by atoms with Gasteiger partial charge in [-0.3, -0.25) is 4.90 Å². The van der Waals surface area contributed by atoms with E-state index >= 15 is 0 Å². The Kier molecular flexibility index (Phi) is 7.93. The fourth-order valence-electron chi connectivity index (χ4n) is 2.52. The second kappa shape index (κ2) is 10.4. The number of carbonyl (C=O) groups is 1. The molecule has 1 aromatic carbocycles. The van der Waals surface area contributed by atoms with Crippen molar-refractivity contribution in [2.24, 2.45) is 0 Å². The van der Waals surface area contributed by atoms with Crippen molar-refractivity contribution in [3.8, 4) is 17.6 Å². The van der Waals surface area contributed by atoms with Crippen LogP contribution in [-0.2, 0) is 14.3 Å². The molecule has 0 bridgehead atoms. The van der Waals surface area contributed by atoms with Crippen molar-refractivity contribution in [1.82, 2.24) is 4.90 Å². The first kappa shape index (κ1) is 19.8. The molecule has 26 heavy (non-hydrogen) atoms. The zero-order valence-electron chi connectivity index (χ0n) is 15.2. The lowest BCUT2D eigenvalue weighted by Gasteiger charge is -2.26. The van der Waals surface area contributed by atoms with Gasteiger partial charge in [0.15, 0.2) is 11.5 Å². The Morgan fingerprint density at radius 3 is 2.73 bits per heavy atom. The first-order valence-electron chi connectivity index (χ1n) is 8.57. The van der Waals surface area contributed by atoms with E-state index in [0.29, 0.717) is 30.3 Å². The van der Waals surface area contributed by atoms with Crippen molar-refractivity contribution in [3.05, 3.63) is 29.3 Å². The third kappa shape index (κ3) is 5.76. The lowest BCUT2D eigenvalue weighted by molar-refractivity contribution is -0.135. The lowest BCUT2D eigenvalue weighted by atomic mass is 10.1. The van der Waals surface area contributed by atoms with Gasteiger partial charge in [-0.15, -0.1) is 0 Å². The number of nitrogens with zero attached hydrogens (tertiary/aromatic N) is 2. The summed E-state index contributed by atoms with van der Waals surface area (Å²) in [7, 11) is 1.24. The minimum atomic E-state index is -0.670. The number of hydrogen-bond acceptors (Lipinski definition) is 7. The van der Waals surface area contributed by atoms with Crippen LogP contribution < -0.4 is 9.47 Å². The van der Waals surface area contributed by atoms with Gasteiger partial charge in [-0.1, -0.05) is 6.07 Å². The van der Waals surface area contributed by atoms with E-state index in [1.165, 1.54) is 13.2 Å². The SMILES string of the molecule is CCOc1cc(C=C(C#N)C(=O)OC)ccc1OCCN1CCOCC1. The maximum atomic E-state index is 11.5. The average Bonchev–Trinajstić information content (AvgIpc) is 2.68. The predicted octanol–water partition coefficient (Wildman–Crippen LogP) is 1.88. The number of carbonyl (C=O) groups excluding carboxylic acids is 1. The van der Waals surface area contributed by atoms with E-state index in [4.69, 9.17) is 19.5 Å². The summed E-state index contributed by atoms with van der Waals surface area (Å²) in [6, 6.07) is 7.13. The normalized spacial score (nSPS) is 15.2. The molecule has 1 saturated heterocycles. The largest absolute Gasteiger partial charge is 0.490 e. The van der Waals surface area contributed by atoms with Gasteiger partial charge < -0.3 is 18.9 Å². The van der Waals surface area contributed by atoms with Crippen LogP contribution in [0.15, 0.2) is 23.8 Å². The van der Waals surface area contributed by atoms with Gasteiger partial charge in [0.1, 0.15) is 18.2 Å². The standard InChI is InChI=1S/C19H24N2O5/c1-3-25-18-13-15(12-16(14-20)19(22)23-2)4-5-17(18)26-11-8-21-6-9-24-10-7-21/h4-5,12-13H,3,6-11H2,1-2H3. The van der Waals surface area contributed by atoms with Crippen molar-refractivity contribution in [3.63, 3.8) is 0 Å². The van der Waals surface area contributed by atoms with Crippen LogP contribution in [0.1, 0.15) is 12.5 Å². The number of hydrogen-bond donors (Lipinski definition) is 0. The van der Waals surface area contributed by atoms with Crippen LogP contribution in [0.4, 0.5) is 0 Å². The number of ether oxygens (including phenoxy) is 4. The van der Waals surface area contributed by atoms with E-state index in [1.807, 2.05) is 13.0 Å². The third-order valence-electron chi connectivity index (χ3n) is 3.87. The van der Waals surface area contributed by atoms with Crippen molar-refractivity contribution < 1.29 is 23.7 Å². The number of morpholine rings is 1. The van der Waals surface area contributed by atoms with Crippen molar-refractivity contribution in [1.29, 1.82) is 5.26 Å². The molecular formula is C19H24N2O5. The van der Waals surface area contributed by atoms with Crippen molar-refractivity contribution in [2.45, 2.75) is 6.92 Å². The smallest absolute Gasteiger partial charge is 0.348 e. The van der Waals surface area contributed by atoms with Gasteiger partial charge in [-0.05, 0) is 30.7 Å². The molecular weight excluding hydrogens is 336 g/mol. The van der Waals surface area contributed by atoms with Crippen LogP contribution >= 0.6 is 0 Å². The van der Waals surface area contributed by atoms with Crippen LogP contribution in [0.2, 0.25) is 0 Å². The first-order chi connectivity index (χ1) is 12.7. The van der Waals surface area contributed by atoms with Crippen molar-refractivity contribution >= 4 is 12.0 Å². The van der Waals surface area contributed by atoms with Gasteiger partial charge in [-0.2, -0.15) is 5.26 Å². The molecule has 1 aliphatic rings. The van der Waals surface area contributed by atoms with Crippen LogP contribution in [0, 0.1) is 11.3 Å². The van der Waals surface area contributed by atoms with Gasteiger partial charge in [-0.25, -0.2) is 4.79 Å². The molecule has 0 saturated carbocycles. The maximum absolute atomic E-state index is 11.5. The van der Waals surface area contributed by atoms with E-state index in [2.05, 4.69) is 9.64 Å². The molecule has 0 aliphatic carbocycles. The number of nitriles is 1. The van der Waals surface area contributed by atoms with E-state index in [0.717, 1.165) is 32.8 Å². The average molecular weight is 360 g/mol. The van der Waals surface area contributed by atoms with Gasteiger partial charge in [0.2, 0.25) is 0 Å². The molecule has 1 fully saturated rings. The highest BCUT2D eigenvalue weighted by Crippen LogP contribution is 2.29. The highest BCUT2D eigenvalue weighted by atomic mass is 16.5. The van der Waals surface area contributed by atoms with Crippen LogP contribution in [-0.4, -0.2) is 64.0 Å². The Hall–Kier alpha value is -2.56. The molecule has 0 N–H and O–H groups in total. The van der Waals surface area contributed by atoms with E-state index in [1.54, 1.807) is 18.2 Å². The molecule has 1 aromatic rings. The third-order valence-corrected chi connectivity index (χ3v) is 3.87. The predicted molar refractivity (Wildman–Crippen MR) is 96.0 cm³/mol. The summed E-state index contributed by atoms with van der Waals surface area (Å²) in [6.07, 6.45) is 1.46. The van der Waals surface area contributed by atoms with E-state index in [-0.39, 0.29) is 5.57 Å². The Bertz CT molecular complexity index is 675. The topological polar surface area (TPSA) is 81.0 Å². The van der Waals surface area contributed by atoms with Gasteiger partial charge in [0, 0.05) is 19.6 Å². The maximum Gasteiger partial charge on any atom is 0.348 e. The number of rotatable bonds is 8. The summed E-state index contributed by atoms with van der Waals surface area (Å²) in [5.41, 5.74) is 0.590. The van der Waals surface area contributed by atoms with E-state index in [9.17, 15) is 4.79 Å². The molecule has 1 heterocycles. The fourth-order valence-corrected chi connectivity index (χ4v) is 2.52. The number of methoxy groups -OCH3 is 1. The molecule has 0 unspecified atom stereocenters. The zero-order valence-corrected chi connectivity index (χ0v) is 15.2. The first-order valence-corrected chi connectivity index (χ1v) is 8.57. The number of benzene rings is 1. The fraction of sp³-hybridized carbons (Fsp3) is 0.474. The Labute approximate surface area is 153 Å². The molecule has 0 radical (unpaired) electrons. The lowest BCUT2D eigenvalue weighted by Crippen LogP contribution is -2.38. The monoisotopic (exact) mass is 360 g/mol. The van der Waals surface area contributed by atoms with Crippen molar-refractivity contribution in [2.75, 3.05) is 53.2 Å². The molecule has 0 amide bonds. The molecule has 0 atom stereocenters. The molecule has 2 rings (SSSR count). The molecule has 0 aromatic heterocycles. The summed E-state index contributed by atoms with van der Waals surface area (Å²) in [4.78, 5) is 13.8. The molecule has 1 aliphatic heterocycles. The summed E-state index contributed by atoms with van der Waals surface area (Å²) < 4.78 is 21.4. The van der Waals surface area contributed by atoms with Crippen LogP contribution in [0.25, 0.3) is 6.08 Å². The molecule has 0 spiro atoms. The summed E-state index contributed by atoms with van der Waals surface area (Å²) in [6.45, 7) is 7.06. The highest BCUT2D eigenvalue weighted by Gasteiger charge is 2.13. The summed E-state index contributed by atoms with van der Waals surface area (Å²) in [5.74, 6) is 0.538. The minimum Gasteiger partial charge on any atom is -0.490 e.